The molecule has 0 saturated heterocycles. The van der Waals surface area contributed by atoms with Crippen LogP contribution in [0.5, 0.6) is 0 Å². The molecule has 1 aliphatic rings. The summed E-state index contributed by atoms with van der Waals surface area (Å²) in [5, 5.41) is 0. The van der Waals surface area contributed by atoms with Crippen LogP contribution in [0.4, 0.5) is 0 Å². The van der Waals surface area contributed by atoms with Gasteiger partial charge < -0.3 is 4.74 Å². The van der Waals surface area contributed by atoms with Gasteiger partial charge in [0.25, 0.3) is 0 Å². The molecule has 0 radical (unpaired) electrons. The highest BCUT2D eigenvalue weighted by Crippen LogP contribution is 2.32. The molecule has 0 bridgehead atoms. The summed E-state index contributed by atoms with van der Waals surface area (Å²) in [6, 6.07) is 10.6. The van der Waals surface area contributed by atoms with Gasteiger partial charge in [-0.15, -0.1) is 0 Å². The molecule has 0 spiro atoms. The van der Waals surface area contributed by atoms with Gasteiger partial charge >= 0.3 is 5.97 Å². The first-order valence-electron chi connectivity index (χ1n) is 6.68. The lowest BCUT2D eigenvalue weighted by Crippen LogP contribution is -2.01. The second-order valence-electron chi connectivity index (χ2n) is 4.85. The molecule has 1 aromatic carbocycles. The van der Waals surface area contributed by atoms with Crippen LogP contribution in [0.25, 0.3) is 0 Å². The topological polar surface area (TPSA) is 26.3 Å². The van der Waals surface area contributed by atoms with E-state index in [-0.39, 0.29) is 5.97 Å². The maximum absolute atomic E-state index is 11.4. The van der Waals surface area contributed by atoms with E-state index in [2.05, 4.69) is 24.3 Å². The Hall–Kier alpha value is -1.57. The van der Waals surface area contributed by atoms with Gasteiger partial charge in [0.2, 0.25) is 0 Å². The molecule has 1 atom stereocenters. The lowest BCUT2D eigenvalue weighted by Gasteiger charge is -2.07. The number of carbonyl (C=O) groups excluding carboxylic acids is 1. The second-order valence-corrected chi connectivity index (χ2v) is 4.85. The number of carbonyl (C=O) groups is 1. The minimum Gasteiger partial charge on any atom is -0.463 e. The molecular weight excluding hydrogens is 224 g/mol. The maximum Gasteiger partial charge on any atom is 0.330 e. The van der Waals surface area contributed by atoms with Gasteiger partial charge in [0.05, 0.1) is 6.61 Å². The smallest absolute Gasteiger partial charge is 0.330 e. The number of hydrogen-bond acceptors (Lipinski definition) is 2. The molecule has 0 aliphatic heterocycles. The summed E-state index contributed by atoms with van der Waals surface area (Å²) in [4.78, 5) is 11.4. The Morgan fingerprint density at radius 2 is 2.17 bits per heavy atom. The zero-order valence-electron chi connectivity index (χ0n) is 10.9. The summed E-state index contributed by atoms with van der Waals surface area (Å²) in [5.41, 5.74) is 2.63. The molecule has 18 heavy (non-hydrogen) atoms. The van der Waals surface area contributed by atoms with Crippen LogP contribution in [0.2, 0.25) is 0 Å². The predicted octanol–water partition coefficient (Wildman–Crippen LogP) is 3.52. The van der Waals surface area contributed by atoms with Crippen molar-refractivity contribution in [3.63, 3.8) is 0 Å². The second kappa shape index (κ2) is 6.39. The molecule has 1 aromatic rings. The van der Waals surface area contributed by atoms with E-state index in [1.54, 1.807) is 6.08 Å². The van der Waals surface area contributed by atoms with E-state index < -0.39 is 0 Å². The Labute approximate surface area is 109 Å². The molecule has 0 amide bonds. The standard InChI is InChI=1S/C16H20O2/c1-2-18-16(17)12-15-9-8-14(11-15)10-13-6-4-3-5-7-13/h3-7,12,14H,2,8-11H2,1H3/b15-12+. The van der Waals surface area contributed by atoms with Gasteiger partial charge in [-0.2, -0.15) is 0 Å². The van der Waals surface area contributed by atoms with Crippen LogP contribution in [0.3, 0.4) is 0 Å². The summed E-state index contributed by atoms with van der Waals surface area (Å²) in [7, 11) is 0. The van der Waals surface area contributed by atoms with Crippen LogP contribution in [0.1, 0.15) is 31.7 Å². The van der Waals surface area contributed by atoms with Crippen molar-refractivity contribution >= 4 is 5.97 Å². The normalized spacial score (nSPS) is 21.2. The fraction of sp³-hybridized carbons (Fsp3) is 0.438. The van der Waals surface area contributed by atoms with E-state index in [0.29, 0.717) is 12.5 Å². The van der Waals surface area contributed by atoms with Crippen LogP contribution in [0.15, 0.2) is 42.0 Å². The Morgan fingerprint density at radius 3 is 2.89 bits per heavy atom. The lowest BCUT2D eigenvalue weighted by atomic mass is 9.98. The predicted molar refractivity (Wildman–Crippen MR) is 72.2 cm³/mol. The van der Waals surface area contributed by atoms with Crippen molar-refractivity contribution in [2.24, 2.45) is 5.92 Å². The Bertz CT molecular complexity index is 420. The Balaban J connectivity index is 1.87. The van der Waals surface area contributed by atoms with E-state index in [1.165, 1.54) is 17.6 Å². The average molecular weight is 244 g/mol. The van der Waals surface area contributed by atoms with Gasteiger partial charge in [-0.1, -0.05) is 35.9 Å². The van der Waals surface area contributed by atoms with E-state index in [9.17, 15) is 4.79 Å². The van der Waals surface area contributed by atoms with Crippen molar-refractivity contribution in [3.8, 4) is 0 Å². The summed E-state index contributed by atoms with van der Waals surface area (Å²) in [6.07, 6.45) is 6.06. The van der Waals surface area contributed by atoms with Crippen LogP contribution >= 0.6 is 0 Å². The van der Waals surface area contributed by atoms with Crippen LogP contribution in [-0.4, -0.2) is 12.6 Å². The fourth-order valence-corrected chi connectivity index (χ4v) is 2.57. The maximum atomic E-state index is 11.4. The molecule has 96 valence electrons. The minimum atomic E-state index is -0.187. The number of allylic oxidation sites excluding steroid dienone is 1. The highest BCUT2D eigenvalue weighted by Gasteiger charge is 2.20. The number of benzene rings is 1. The molecule has 0 aromatic heterocycles. The van der Waals surface area contributed by atoms with Crippen molar-refractivity contribution in [1.82, 2.24) is 0 Å². The zero-order chi connectivity index (χ0) is 12.8. The molecular formula is C16H20O2. The summed E-state index contributed by atoms with van der Waals surface area (Å²) < 4.78 is 4.94. The van der Waals surface area contributed by atoms with E-state index in [1.807, 2.05) is 13.0 Å². The minimum absolute atomic E-state index is 0.187. The number of esters is 1. The van der Waals surface area contributed by atoms with Crippen molar-refractivity contribution < 1.29 is 9.53 Å². The van der Waals surface area contributed by atoms with E-state index >= 15 is 0 Å². The van der Waals surface area contributed by atoms with Crippen molar-refractivity contribution in [3.05, 3.63) is 47.5 Å². The largest absolute Gasteiger partial charge is 0.463 e. The van der Waals surface area contributed by atoms with Gasteiger partial charge in [0.15, 0.2) is 0 Å². The fourth-order valence-electron chi connectivity index (χ4n) is 2.57. The van der Waals surface area contributed by atoms with Gasteiger partial charge in [0.1, 0.15) is 0 Å². The third-order valence-electron chi connectivity index (χ3n) is 3.40. The van der Waals surface area contributed by atoms with Gasteiger partial charge in [-0.3, -0.25) is 0 Å². The number of hydrogen-bond donors (Lipinski definition) is 0. The molecule has 0 N–H and O–H groups in total. The molecule has 1 fully saturated rings. The first kappa shape index (κ1) is 12.9. The van der Waals surface area contributed by atoms with Crippen molar-refractivity contribution in [2.45, 2.75) is 32.6 Å². The zero-order valence-corrected chi connectivity index (χ0v) is 10.9. The SMILES string of the molecule is CCOC(=O)/C=C1\CCC(Cc2ccccc2)C1. The molecule has 2 nitrogen and oxygen atoms in total. The van der Waals surface area contributed by atoms with Gasteiger partial charge in [-0.25, -0.2) is 4.79 Å². The van der Waals surface area contributed by atoms with Gasteiger partial charge in [0, 0.05) is 6.08 Å². The van der Waals surface area contributed by atoms with Crippen LogP contribution in [-0.2, 0) is 16.0 Å². The third kappa shape index (κ3) is 3.73. The Morgan fingerprint density at radius 1 is 1.39 bits per heavy atom. The molecule has 2 rings (SSSR count). The first-order chi connectivity index (χ1) is 8.78. The van der Waals surface area contributed by atoms with Crippen LogP contribution < -0.4 is 0 Å². The summed E-state index contributed by atoms with van der Waals surface area (Å²) >= 11 is 0. The average Bonchev–Trinajstić information content (AvgIpc) is 2.78. The number of rotatable bonds is 4. The Kier molecular flexibility index (Phi) is 4.57. The molecule has 1 saturated carbocycles. The van der Waals surface area contributed by atoms with Crippen molar-refractivity contribution in [1.29, 1.82) is 0 Å². The van der Waals surface area contributed by atoms with Crippen LogP contribution in [0, 0.1) is 5.92 Å². The highest BCUT2D eigenvalue weighted by molar-refractivity contribution is 5.82. The van der Waals surface area contributed by atoms with Gasteiger partial charge in [-0.05, 0) is 44.1 Å². The molecule has 1 unspecified atom stereocenters. The summed E-state index contributed by atoms with van der Waals surface area (Å²) in [6.45, 7) is 2.29. The van der Waals surface area contributed by atoms with Crippen molar-refractivity contribution in [2.75, 3.05) is 6.61 Å². The summed E-state index contributed by atoms with van der Waals surface area (Å²) in [5.74, 6) is 0.487. The number of ether oxygens (including phenoxy) is 1. The first-order valence-corrected chi connectivity index (χ1v) is 6.68. The monoisotopic (exact) mass is 244 g/mol. The molecule has 2 heteroatoms. The lowest BCUT2D eigenvalue weighted by molar-refractivity contribution is -0.137. The van der Waals surface area contributed by atoms with E-state index in [0.717, 1.165) is 19.3 Å². The molecule has 1 aliphatic carbocycles. The van der Waals surface area contributed by atoms with E-state index in [4.69, 9.17) is 4.74 Å². The highest BCUT2D eigenvalue weighted by atomic mass is 16.5. The quantitative estimate of drug-likeness (QED) is 0.598. The molecule has 0 heterocycles. The third-order valence-corrected chi connectivity index (χ3v) is 3.40.